The normalized spacial score (nSPS) is 12.4. The van der Waals surface area contributed by atoms with Crippen molar-refractivity contribution in [2.24, 2.45) is 7.05 Å². The molecule has 1 heterocycles. The van der Waals surface area contributed by atoms with Gasteiger partial charge in [-0.05, 0) is 19.5 Å². The average Bonchev–Trinajstić information content (AvgIpc) is 2.85. The van der Waals surface area contributed by atoms with Gasteiger partial charge in [-0.3, -0.25) is 0 Å². The smallest absolute Gasteiger partial charge is 0.131 e. The van der Waals surface area contributed by atoms with Gasteiger partial charge in [0.15, 0.2) is 0 Å². The molecular weight excluding hydrogens is 269 g/mol. The molecule has 4 nitrogen and oxygen atoms in total. The van der Waals surface area contributed by atoms with E-state index < -0.39 is 0 Å². The molecule has 0 saturated carbocycles. The Morgan fingerprint density at radius 3 is 2.86 bits per heavy atom. The standard InChI is InChI=1S/C16H22FN3O/c1-4-18-12(2)14-6-5-13(11-15(14)17)21-10-7-16-19-8-9-20(16)3/h5-6,8-9,11-12,18H,4,7,10H2,1-3H3. The van der Waals surface area contributed by atoms with Crippen LogP contribution in [0.4, 0.5) is 4.39 Å². The van der Waals surface area contributed by atoms with E-state index in [-0.39, 0.29) is 11.9 Å². The minimum atomic E-state index is -0.238. The number of aryl methyl sites for hydroxylation is 1. The maximum atomic E-state index is 14.1. The van der Waals surface area contributed by atoms with Crippen molar-refractivity contribution >= 4 is 0 Å². The van der Waals surface area contributed by atoms with Crippen LogP contribution in [0.2, 0.25) is 0 Å². The summed E-state index contributed by atoms with van der Waals surface area (Å²) in [7, 11) is 1.94. The Morgan fingerprint density at radius 2 is 2.24 bits per heavy atom. The Morgan fingerprint density at radius 1 is 1.43 bits per heavy atom. The molecule has 0 radical (unpaired) electrons. The Balaban J connectivity index is 1.92. The van der Waals surface area contributed by atoms with Gasteiger partial charge in [-0.1, -0.05) is 13.0 Å². The van der Waals surface area contributed by atoms with Crippen molar-refractivity contribution in [2.45, 2.75) is 26.3 Å². The van der Waals surface area contributed by atoms with Gasteiger partial charge in [-0.2, -0.15) is 0 Å². The molecule has 1 N–H and O–H groups in total. The van der Waals surface area contributed by atoms with E-state index in [2.05, 4.69) is 10.3 Å². The third kappa shape index (κ3) is 4.04. The zero-order valence-electron chi connectivity index (χ0n) is 12.8. The van der Waals surface area contributed by atoms with Gasteiger partial charge < -0.3 is 14.6 Å². The Kier molecular flexibility index (Phi) is 5.33. The number of imidazole rings is 1. The number of halogens is 1. The number of nitrogens with zero attached hydrogens (tertiary/aromatic N) is 2. The van der Waals surface area contributed by atoms with Crippen LogP contribution in [0.25, 0.3) is 0 Å². The first-order valence-electron chi connectivity index (χ1n) is 7.23. The van der Waals surface area contributed by atoms with Crippen molar-refractivity contribution < 1.29 is 9.13 Å². The lowest BCUT2D eigenvalue weighted by molar-refractivity contribution is 0.315. The molecule has 2 rings (SSSR count). The highest BCUT2D eigenvalue weighted by molar-refractivity contribution is 5.30. The molecule has 1 aromatic heterocycles. The molecule has 1 aromatic carbocycles. The van der Waals surface area contributed by atoms with Gasteiger partial charge >= 0.3 is 0 Å². The number of rotatable bonds is 7. The molecule has 0 aliphatic rings. The van der Waals surface area contributed by atoms with Crippen LogP contribution in [0.15, 0.2) is 30.6 Å². The molecule has 5 heteroatoms. The van der Waals surface area contributed by atoms with E-state index in [0.717, 1.165) is 12.4 Å². The predicted octanol–water partition coefficient (Wildman–Crippen LogP) is 2.85. The number of aromatic nitrogens is 2. The molecular formula is C16H22FN3O. The van der Waals surface area contributed by atoms with Gasteiger partial charge in [-0.25, -0.2) is 9.37 Å². The number of benzene rings is 1. The third-order valence-electron chi connectivity index (χ3n) is 3.46. The summed E-state index contributed by atoms with van der Waals surface area (Å²) in [4.78, 5) is 4.22. The van der Waals surface area contributed by atoms with Gasteiger partial charge in [0.25, 0.3) is 0 Å². The highest BCUT2D eigenvalue weighted by Gasteiger charge is 2.11. The SMILES string of the molecule is CCNC(C)c1ccc(OCCc2nccn2C)cc1F. The average molecular weight is 291 g/mol. The lowest BCUT2D eigenvalue weighted by Crippen LogP contribution is -2.18. The van der Waals surface area contributed by atoms with E-state index in [0.29, 0.717) is 24.3 Å². The highest BCUT2D eigenvalue weighted by Crippen LogP contribution is 2.22. The Bertz CT molecular complexity index is 583. The van der Waals surface area contributed by atoms with Gasteiger partial charge in [-0.15, -0.1) is 0 Å². The fourth-order valence-electron chi connectivity index (χ4n) is 2.26. The molecule has 1 atom stereocenters. The van der Waals surface area contributed by atoms with Crippen LogP contribution in [0, 0.1) is 5.82 Å². The van der Waals surface area contributed by atoms with Crippen LogP contribution in [0.5, 0.6) is 5.75 Å². The summed E-state index contributed by atoms with van der Waals surface area (Å²) in [6.07, 6.45) is 4.35. The van der Waals surface area contributed by atoms with Gasteiger partial charge in [0.2, 0.25) is 0 Å². The van der Waals surface area contributed by atoms with Gasteiger partial charge in [0, 0.05) is 43.5 Å². The van der Waals surface area contributed by atoms with Crippen LogP contribution >= 0.6 is 0 Å². The zero-order valence-corrected chi connectivity index (χ0v) is 12.8. The van der Waals surface area contributed by atoms with Crippen molar-refractivity contribution in [2.75, 3.05) is 13.2 Å². The van der Waals surface area contributed by atoms with Crippen LogP contribution < -0.4 is 10.1 Å². The predicted molar refractivity (Wildman–Crippen MR) is 80.9 cm³/mol. The Labute approximate surface area is 125 Å². The zero-order chi connectivity index (χ0) is 15.2. The number of hydrogen-bond donors (Lipinski definition) is 1. The lowest BCUT2D eigenvalue weighted by Gasteiger charge is -2.14. The molecule has 21 heavy (non-hydrogen) atoms. The number of nitrogens with one attached hydrogen (secondary N) is 1. The van der Waals surface area contributed by atoms with Crippen LogP contribution in [-0.4, -0.2) is 22.7 Å². The summed E-state index contributed by atoms with van der Waals surface area (Å²) in [6, 6.07) is 5.03. The fourth-order valence-corrected chi connectivity index (χ4v) is 2.26. The summed E-state index contributed by atoms with van der Waals surface area (Å²) in [5.74, 6) is 1.26. The van der Waals surface area contributed by atoms with E-state index in [1.54, 1.807) is 12.3 Å². The molecule has 0 spiro atoms. The largest absolute Gasteiger partial charge is 0.493 e. The van der Waals surface area contributed by atoms with Crippen LogP contribution in [-0.2, 0) is 13.5 Å². The monoisotopic (exact) mass is 291 g/mol. The summed E-state index contributed by atoms with van der Waals surface area (Å²) in [5.41, 5.74) is 0.660. The quantitative estimate of drug-likeness (QED) is 0.852. The summed E-state index contributed by atoms with van der Waals surface area (Å²) in [6.45, 7) is 5.24. The first kappa shape index (κ1) is 15.5. The van der Waals surface area contributed by atoms with E-state index in [1.807, 2.05) is 37.7 Å². The highest BCUT2D eigenvalue weighted by atomic mass is 19.1. The molecule has 1 unspecified atom stereocenters. The topological polar surface area (TPSA) is 39.1 Å². The molecule has 114 valence electrons. The van der Waals surface area contributed by atoms with Crippen LogP contribution in [0.3, 0.4) is 0 Å². The second-order valence-electron chi connectivity index (χ2n) is 5.02. The molecule has 0 aliphatic carbocycles. The summed E-state index contributed by atoms with van der Waals surface area (Å²) >= 11 is 0. The van der Waals surface area contributed by atoms with Gasteiger partial charge in [0.1, 0.15) is 17.4 Å². The maximum absolute atomic E-state index is 14.1. The first-order chi connectivity index (χ1) is 10.1. The summed E-state index contributed by atoms with van der Waals surface area (Å²) in [5, 5.41) is 3.20. The minimum Gasteiger partial charge on any atom is -0.493 e. The number of hydrogen-bond acceptors (Lipinski definition) is 3. The molecule has 0 saturated heterocycles. The first-order valence-corrected chi connectivity index (χ1v) is 7.23. The second-order valence-corrected chi connectivity index (χ2v) is 5.02. The minimum absolute atomic E-state index is 0.00313. The van der Waals surface area contributed by atoms with Gasteiger partial charge in [0.05, 0.1) is 6.61 Å². The molecule has 0 amide bonds. The molecule has 0 aliphatic heterocycles. The van der Waals surface area contributed by atoms with Crippen molar-refractivity contribution in [1.82, 2.24) is 14.9 Å². The van der Waals surface area contributed by atoms with Crippen molar-refractivity contribution in [3.63, 3.8) is 0 Å². The van der Waals surface area contributed by atoms with E-state index in [9.17, 15) is 4.39 Å². The lowest BCUT2D eigenvalue weighted by atomic mass is 10.1. The summed E-state index contributed by atoms with van der Waals surface area (Å²) < 4.78 is 21.6. The van der Waals surface area contributed by atoms with E-state index >= 15 is 0 Å². The number of ether oxygens (including phenoxy) is 1. The van der Waals surface area contributed by atoms with Crippen LogP contribution in [0.1, 0.15) is 31.3 Å². The molecule has 2 aromatic rings. The fraction of sp³-hybridized carbons (Fsp3) is 0.438. The third-order valence-corrected chi connectivity index (χ3v) is 3.46. The van der Waals surface area contributed by atoms with E-state index in [1.165, 1.54) is 6.07 Å². The second kappa shape index (κ2) is 7.22. The van der Waals surface area contributed by atoms with E-state index in [4.69, 9.17) is 4.74 Å². The van der Waals surface area contributed by atoms with Crippen molar-refractivity contribution in [3.8, 4) is 5.75 Å². The molecule has 0 bridgehead atoms. The van der Waals surface area contributed by atoms with Crippen molar-refractivity contribution in [1.29, 1.82) is 0 Å². The van der Waals surface area contributed by atoms with Crippen molar-refractivity contribution in [3.05, 3.63) is 47.8 Å². The maximum Gasteiger partial charge on any atom is 0.131 e. The Hall–Kier alpha value is -1.88. The molecule has 0 fully saturated rings.